The van der Waals surface area contributed by atoms with Gasteiger partial charge in [-0.2, -0.15) is 8.42 Å². The Morgan fingerprint density at radius 2 is 1.46 bits per heavy atom. The van der Waals surface area contributed by atoms with Gasteiger partial charge in [0.15, 0.2) is 0 Å². The predicted molar refractivity (Wildman–Crippen MR) is 90.1 cm³/mol. The Labute approximate surface area is 139 Å². The number of rotatable bonds is 3. The van der Waals surface area contributed by atoms with Gasteiger partial charge >= 0.3 is 0 Å². The second kappa shape index (κ2) is 5.59. The maximum atomic E-state index is 12.9. The quantitative estimate of drug-likeness (QED) is 0.546. The van der Waals surface area contributed by atoms with Gasteiger partial charge in [0.1, 0.15) is 0 Å². The van der Waals surface area contributed by atoms with E-state index in [1.807, 2.05) is 0 Å². The molecule has 3 N–H and O–H groups in total. The molecule has 3 rings (SSSR count). The van der Waals surface area contributed by atoms with E-state index in [4.69, 9.17) is 10.3 Å². The Bertz CT molecular complexity index is 1150. The normalized spacial score (nSPS) is 12.4. The molecule has 6 nitrogen and oxygen atoms in total. The monoisotopic (exact) mass is 363 g/mol. The molecule has 8 heteroatoms. The molecule has 0 heterocycles. The molecule has 24 heavy (non-hydrogen) atoms. The molecule has 3 aromatic carbocycles. The Hall–Kier alpha value is -2.42. The van der Waals surface area contributed by atoms with Gasteiger partial charge < -0.3 is 5.73 Å². The standard InChI is InChI=1S/C16H13NO5S2/c17-14-10-12(24(20,21)22)8-9-16(14)23(18,19)15-7-3-5-11-4-1-2-6-13(11)15/h1-10H,17H2,(H,20,21,22). The summed E-state index contributed by atoms with van der Waals surface area (Å²) in [6.07, 6.45) is 0. The molecule has 124 valence electrons. The van der Waals surface area contributed by atoms with Crippen molar-refractivity contribution in [2.45, 2.75) is 14.7 Å². The summed E-state index contributed by atoms with van der Waals surface area (Å²) in [6.45, 7) is 0. The van der Waals surface area contributed by atoms with E-state index in [0.717, 1.165) is 23.6 Å². The average Bonchev–Trinajstić information content (AvgIpc) is 2.53. The van der Waals surface area contributed by atoms with Crippen LogP contribution >= 0.6 is 0 Å². The smallest absolute Gasteiger partial charge is 0.294 e. The van der Waals surface area contributed by atoms with E-state index >= 15 is 0 Å². The van der Waals surface area contributed by atoms with E-state index in [1.165, 1.54) is 6.07 Å². The summed E-state index contributed by atoms with van der Waals surface area (Å²) in [6, 6.07) is 14.9. The van der Waals surface area contributed by atoms with Crippen LogP contribution in [0.4, 0.5) is 5.69 Å². The number of hydrogen-bond donors (Lipinski definition) is 2. The van der Waals surface area contributed by atoms with Crippen molar-refractivity contribution in [3.63, 3.8) is 0 Å². The topological polar surface area (TPSA) is 115 Å². The second-order valence-electron chi connectivity index (χ2n) is 5.16. The summed E-state index contributed by atoms with van der Waals surface area (Å²) in [4.78, 5) is -0.602. The number of nitrogens with two attached hydrogens (primary N) is 1. The fourth-order valence-corrected chi connectivity index (χ4v) is 4.58. The van der Waals surface area contributed by atoms with E-state index in [-0.39, 0.29) is 15.5 Å². The zero-order valence-corrected chi connectivity index (χ0v) is 13.9. The van der Waals surface area contributed by atoms with Gasteiger partial charge in [-0.05, 0) is 29.7 Å². The van der Waals surface area contributed by atoms with Crippen LogP contribution in [0.5, 0.6) is 0 Å². The Balaban J connectivity index is 2.25. The van der Waals surface area contributed by atoms with Crippen molar-refractivity contribution in [3.8, 4) is 0 Å². The second-order valence-corrected chi connectivity index (χ2v) is 8.46. The van der Waals surface area contributed by atoms with Crippen molar-refractivity contribution in [1.82, 2.24) is 0 Å². The van der Waals surface area contributed by atoms with Gasteiger partial charge in [0.2, 0.25) is 9.84 Å². The molecule has 0 aliphatic carbocycles. The van der Waals surface area contributed by atoms with Crippen LogP contribution in [0.2, 0.25) is 0 Å². The van der Waals surface area contributed by atoms with Crippen LogP contribution in [0.15, 0.2) is 75.4 Å². The molecule has 0 saturated carbocycles. The summed E-state index contributed by atoms with van der Waals surface area (Å²) >= 11 is 0. The number of anilines is 1. The number of nitrogen functional groups attached to an aromatic ring is 1. The van der Waals surface area contributed by atoms with Crippen molar-refractivity contribution >= 4 is 36.4 Å². The lowest BCUT2D eigenvalue weighted by molar-refractivity contribution is 0.483. The lowest BCUT2D eigenvalue weighted by atomic mass is 10.1. The molecule has 0 bridgehead atoms. The zero-order valence-electron chi connectivity index (χ0n) is 12.2. The van der Waals surface area contributed by atoms with Crippen LogP contribution in [0.25, 0.3) is 10.8 Å². The zero-order chi connectivity index (χ0) is 17.5. The molecule has 0 spiro atoms. The van der Waals surface area contributed by atoms with E-state index < -0.39 is 24.9 Å². The molecule has 0 radical (unpaired) electrons. The van der Waals surface area contributed by atoms with Crippen LogP contribution in [0.3, 0.4) is 0 Å². The van der Waals surface area contributed by atoms with E-state index in [1.54, 1.807) is 36.4 Å². The van der Waals surface area contributed by atoms with Gasteiger partial charge in [-0.3, -0.25) is 4.55 Å². The van der Waals surface area contributed by atoms with Crippen LogP contribution in [0.1, 0.15) is 0 Å². The number of fused-ring (bicyclic) bond motifs is 1. The minimum Gasteiger partial charge on any atom is -0.398 e. The first kappa shape index (κ1) is 16.4. The van der Waals surface area contributed by atoms with Gasteiger partial charge in [-0.15, -0.1) is 0 Å². The molecule has 0 amide bonds. The van der Waals surface area contributed by atoms with Crippen molar-refractivity contribution in [1.29, 1.82) is 0 Å². The summed E-state index contributed by atoms with van der Waals surface area (Å²) in [5.41, 5.74) is 5.48. The van der Waals surface area contributed by atoms with E-state index in [9.17, 15) is 16.8 Å². The highest BCUT2D eigenvalue weighted by Gasteiger charge is 2.24. The number of sulfone groups is 1. The molecule has 0 unspecified atom stereocenters. The van der Waals surface area contributed by atoms with Crippen LogP contribution in [0, 0.1) is 0 Å². The van der Waals surface area contributed by atoms with Crippen molar-refractivity contribution in [2.24, 2.45) is 0 Å². The molecule has 3 aromatic rings. The van der Waals surface area contributed by atoms with Gasteiger partial charge in [-0.25, -0.2) is 8.42 Å². The first-order chi connectivity index (χ1) is 11.2. The molecular weight excluding hydrogens is 350 g/mol. The summed E-state index contributed by atoms with van der Waals surface area (Å²) in [7, 11) is -8.42. The highest BCUT2D eigenvalue weighted by molar-refractivity contribution is 7.92. The van der Waals surface area contributed by atoms with Crippen LogP contribution in [-0.2, 0) is 20.0 Å². The fraction of sp³-hybridized carbons (Fsp3) is 0. The summed E-state index contributed by atoms with van der Waals surface area (Å²) < 4.78 is 57.2. The first-order valence-corrected chi connectivity index (χ1v) is 9.73. The third kappa shape index (κ3) is 2.75. The third-order valence-corrected chi connectivity index (χ3v) is 6.34. The third-order valence-electron chi connectivity index (χ3n) is 3.61. The highest BCUT2D eigenvalue weighted by Crippen LogP contribution is 2.32. The molecule has 0 fully saturated rings. The number of hydrogen-bond acceptors (Lipinski definition) is 5. The first-order valence-electron chi connectivity index (χ1n) is 6.81. The largest absolute Gasteiger partial charge is 0.398 e. The van der Waals surface area contributed by atoms with Crippen molar-refractivity contribution in [3.05, 3.63) is 60.7 Å². The highest BCUT2D eigenvalue weighted by atomic mass is 32.2. The van der Waals surface area contributed by atoms with Crippen LogP contribution < -0.4 is 5.73 Å². The molecule has 0 saturated heterocycles. The number of benzene rings is 3. The molecule has 0 aliphatic heterocycles. The van der Waals surface area contributed by atoms with Crippen molar-refractivity contribution < 1.29 is 21.4 Å². The minimum atomic E-state index is -4.46. The van der Waals surface area contributed by atoms with Gasteiger partial charge in [0.05, 0.1) is 20.4 Å². The van der Waals surface area contributed by atoms with Gasteiger partial charge in [-0.1, -0.05) is 36.4 Å². The van der Waals surface area contributed by atoms with Crippen molar-refractivity contribution in [2.75, 3.05) is 5.73 Å². The lowest BCUT2D eigenvalue weighted by Gasteiger charge is -2.11. The Kier molecular flexibility index (Phi) is 3.83. The summed E-state index contributed by atoms with van der Waals surface area (Å²) in [5.74, 6) is 0. The van der Waals surface area contributed by atoms with Gasteiger partial charge in [0.25, 0.3) is 10.1 Å². The Morgan fingerprint density at radius 3 is 2.12 bits per heavy atom. The lowest BCUT2D eigenvalue weighted by Crippen LogP contribution is -2.08. The van der Waals surface area contributed by atoms with Crippen LogP contribution in [-0.4, -0.2) is 21.4 Å². The maximum Gasteiger partial charge on any atom is 0.294 e. The Morgan fingerprint density at radius 1 is 0.792 bits per heavy atom. The molecule has 0 aliphatic rings. The molecule has 0 atom stereocenters. The fourth-order valence-electron chi connectivity index (χ4n) is 2.48. The van der Waals surface area contributed by atoms with E-state index in [0.29, 0.717) is 5.39 Å². The SMILES string of the molecule is Nc1cc(S(=O)(=O)O)ccc1S(=O)(=O)c1cccc2ccccc12. The average molecular weight is 363 g/mol. The summed E-state index contributed by atoms with van der Waals surface area (Å²) in [5, 5.41) is 1.30. The van der Waals surface area contributed by atoms with E-state index in [2.05, 4.69) is 0 Å². The molecular formula is C16H13NO5S2. The molecule has 0 aromatic heterocycles. The maximum absolute atomic E-state index is 12.9. The minimum absolute atomic E-state index is 0.0758. The van der Waals surface area contributed by atoms with Gasteiger partial charge in [0, 0.05) is 5.39 Å². The predicted octanol–water partition coefficient (Wildman–Crippen LogP) is 2.50.